The summed E-state index contributed by atoms with van der Waals surface area (Å²) >= 11 is 0. The normalized spacial score (nSPS) is 22.1. The monoisotopic (exact) mass is 294 g/mol. The predicted molar refractivity (Wildman–Crippen MR) is 74.8 cm³/mol. The zero-order valence-electron chi connectivity index (χ0n) is 11.8. The van der Waals surface area contributed by atoms with Crippen molar-refractivity contribution in [2.75, 3.05) is 19.7 Å². The number of benzene rings is 1. The Labute approximate surface area is 122 Å². The van der Waals surface area contributed by atoms with Crippen LogP contribution in [0.4, 0.5) is 5.69 Å². The third-order valence-electron chi connectivity index (χ3n) is 3.39. The van der Waals surface area contributed by atoms with Crippen LogP contribution in [0.5, 0.6) is 0 Å². The lowest BCUT2D eigenvalue weighted by Gasteiger charge is -2.36. The molecule has 1 aliphatic heterocycles. The minimum atomic E-state index is -0.471. The first-order valence-corrected chi connectivity index (χ1v) is 6.77. The van der Waals surface area contributed by atoms with Crippen LogP contribution in [0.25, 0.3) is 0 Å². The zero-order chi connectivity index (χ0) is 15.4. The van der Waals surface area contributed by atoms with Crippen LogP contribution < -0.4 is 0 Å². The number of rotatable bonds is 4. The van der Waals surface area contributed by atoms with Crippen LogP contribution in [0, 0.1) is 10.1 Å². The van der Waals surface area contributed by atoms with Crippen molar-refractivity contribution in [1.82, 2.24) is 4.90 Å². The van der Waals surface area contributed by atoms with Crippen LogP contribution in [0.15, 0.2) is 24.3 Å². The van der Waals surface area contributed by atoms with Crippen molar-refractivity contribution in [2.24, 2.45) is 0 Å². The number of nitro benzene ring substituents is 1. The molecule has 0 aliphatic carbocycles. The highest BCUT2D eigenvalue weighted by Gasteiger charge is 2.27. The van der Waals surface area contributed by atoms with Gasteiger partial charge in [0.1, 0.15) is 0 Å². The molecule has 1 aliphatic rings. The quantitative estimate of drug-likeness (QED) is 0.653. The summed E-state index contributed by atoms with van der Waals surface area (Å²) in [5, 5.41) is 19.7. The standard InChI is InChI=1S/C14H18N2O5/c1-10-7-15(8-13(9-17)21-10)14(18)6-11-2-4-12(5-3-11)16(19)20/h2-5,10,13,17H,6-9H2,1H3. The zero-order valence-corrected chi connectivity index (χ0v) is 11.8. The molecule has 114 valence electrons. The molecule has 1 amide bonds. The Bertz CT molecular complexity index is 517. The minimum absolute atomic E-state index is 0.00605. The van der Waals surface area contributed by atoms with E-state index in [0.717, 1.165) is 5.56 Å². The van der Waals surface area contributed by atoms with E-state index in [1.54, 1.807) is 17.0 Å². The molecule has 0 radical (unpaired) electrons. The number of carbonyl (C=O) groups is 1. The molecular formula is C14H18N2O5. The molecule has 2 atom stereocenters. The fourth-order valence-corrected chi connectivity index (χ4v) is 2.37. The summed E-state index contributed by atoms with van der Waals surface area (Å²) in [6.45, 7) is 2.59. The summed E-state index contributed by atoms with van der Waals surface area (Å²) in [6, 6.07) is 5.95. The van der Waals surface area contributed by atoms with Gasteiger partial charge in [0.25, 0.3) is 5.69 Å². The van der Waals surface area contributed by atoms with Crippen LogP contribution in [0.1, 0.15) is 12.5 Å². The van der Waals surface area contributed by atoms with Gasteiger partial charge in [-0.05, 0) is 12.5 Å². The fourth-order valence-electron chi connectivity index (χ4n) is 2.37. The third kappa shape index (κ3) is 3.99. The topological polar surface area (TPSA) is 92.9 Å². The molecule has 0 saturated carbocycles. The van der Waals surface area contributed by atoms with Gasteiger partial charge in [-0.3, -0.25) is 14.9 Å². The van der Waals surface area contributed by atoms with Crippen LogP contribution in [0.2, 0.25) is 0 Å². The summed E-state index contributed by atoms with van der Waals surface area (Å²) in [4.78, 5) is 24.0. The molecule has 0 spiro atoms. The van der Waals surface area contributed by atoms with E-state index in [1.165, 1.54) is 12.1 Å². The lowest BCUT2D eigenvalue weighted by atomic mass is 10.1. The molecule has 2 rings (SSSR count). The average Bonchev–Trinajstić information content (AvgIpc) is 2.47. The Balaban J connectivity index is 1.98. The fraction of sp³-hybridized carbons (Fsp3) is 0.500. The van der Waals surface area contributed by atoms with Crippen molar-refractivity contribution in [1.29, 1.82) is 0 Å². The van der Waals surface area contributed by atoms with Crippen molar-refractivity contribution >= 4 is 11.6 Å². The molecule has 1 aromatic rings. The van der Waals surface area contributed by atoms with Crippen molar-refractivity contribution in [3.05, 3.63) is 39.9 Å². The van der Waals surface area contributed by atoms with Gasteiger partial charge < -0.3 is 14.7 Å². The number of amides is 1. The van der Waals surface area contributed by atoms with Crippen molar-refractivity contribution in [3.63, 3.8) is 0 Å². The molecule has 1 N–H and O–H groups in total. The lowest BCUT2D eigenvalue weighted by molar-refractivity contribution is -0.384. The van der Waals surface area contributed by atoms with Crippen molar-refractivity contribution in [3.8, 4) is 0 Å². The molecule has 0 aromatic heterocycles. The predicted octanol–water partition coefficient (Wildman–Crippen LogP) is 0.745. The van der Waals surface area contributed by atoms with Gasteiger partial charge in [-0.15, -0.1) is 0 Å². The summed E-state index contributed by atoms with van der Waals surface area (Å²) in [7, 11) is 0. The highest BCUT2D eigenvalue weighted by molar-refractivity contribution is 5.79. The number of aliphatic hydroxyl groups is 1. The van der Waals surface area contributed by atoms with Crippen LogP contribution >= 0.6 is 0 Å². The molecule has 1 aromatic carbocycles. The first-order chi connectivity index (χ1) is 9.99. The van der Waals surface area contributed by atoms with Gasteiger partial charge in [-0.25, -0.2) is 0 Å². The van der Waals surface area contributed by atoms with E-state index in [4.69, 9.17) is 9.84 Å². The molecule has 2 unspecified atom stereocenters. The third-order valence-corrected chi connectivity index (χ3v) is 3.39. The van der Waals surface area contributed by atoms with Gasteiger partial charge >= 0.3 is 0 Å². The second kappa shape index (κ2) is 6.64. The Morgan fingerprint density at radius 2 is 2.10 bits per heavy atom. The Morgan fingerprint density at radius 1 is 1.43 bits per heavy atom. The summed E-state index contributed by atoms with van der Waals surface area (Å²) in [6.07, 6.45) is -0.283. The maximum absolute atomic E-state index is 12.2. The molecule has 7 heteroatoms. The molecule has 0 bridgehead atoms. The number of hydrogen-bond acceptors (Lipinski definition) is 5. The number of nitro groups is 1. The Morgan fingerprint density at radius 3 is 2.67 bits per heavy atom. The highest BCUT2D eigenvalue weighted by Crippen LogP contribution is 2.15. The van der Waals surface area contributed by atoms with Gasteiger partial charge in [0.15, 0.2) is 0 Å². The maximum Gasteiger partial charge on any atom is 0.269 e. The van der Waals surface area contributed by atoms with E-state index in [9.17, 15) is 14.9 Å². The van der Waals surface area contributed by atoms with Crippen molar-refractivity contribution in [2.45, 2.75) is 25.6 Å². The second-order valence-corrected chi connectivity index (χ2v) is 5.15. The van der Waals surface area contributed by atoms with Gasteiger partial charge in [0.2, 0.25) is 5.91 Å². The molecule has 21 heavy (non-hydrogen) atoms. The Hall–Kier alpha value is -1.99. The number of carbonyl (C=O) groups excluding carboxylic acids is 1. The highest BCUT2D eigenvalue weighted by atomic mass is 16.6. The largest absolute Gasteiger partial charge is 0.394 e. The first kappa shape index (κ1) is 15.4. The summed E-state index contributed by atoms with van der Waals surface area (Å²) in [5.74, 6) is -0.0718. The van der Waals surface area contributed by atoms with Crippen LogP contribution in [0.3, 0.4) is 0 Å². The summed E-state index contributed by atoms with van der Waals surface area (Å²) < 4.78 is 5.49. The van der Waals surface area contributed by atoms with E-state index < -0.39 is 4.92 Å². The van der Waals surface area contributed by atoms with E-state index in [2.05, 4.69) is 0 Å². The van der Waals surface area contributed by atoms with Gasteiger partial charge in [-0.1, -0.05) is 12.1 Å². The number of ether oxygens (including phenoxy) is 1. The van der Waals surface area contributed by atoms with E-state index in [0.29, 0.717) is 13.1 Å². The van der Waals surface area contributed by atoms with Gasteiger partial charge in [0, 0.05) is 25.2 Å². The molecule has 7 nitrogen and oxygen atoms in total. The number of nitrogens with zero attached hydrogens (tertiary/aromatic N) is 2. The van der Waals surface area contributed by atoms with Gasteiger partial charge in [0.05, 0.1) is 30.2 Å². The lowest BCUT2D eigenvalue weighted by Crippen LogP contribution is -2.50. The number of non-ortho nitro benzene ring substituents is 1. The number of aliphatic hydroxyl groups excluding tert-OH is 1. The molecule has 1 heterocycles. The molecule has 1 saturated heterocycles. The second-order valence-electron chi connectivity index (χ2n) is 5.15. The molecular weight excluding hydrogens is 276 g/mol. The SMILES string of the molecule is CC1CN(C(=O)Cc2ccc([N+](=O)[O-])cc2)CC(CO)O1. The van der Waals surface area contributed by atoms with E-state index in [-0.39, 0.29) is 36.8 Å². The minimum Gasteiger partial charge on any atom is -0.394 e. The van der Waals surface area contributed by atoms with Crippen molar-refractivity contribution < 1.29 is 19.6 Å². The number of hydrogen-bond donors (Lipinski definition) is 1. The Kier molecular flexibility index (Phi) is 4.87. The van der Waals surface area contributed by atoms with E-state index >= 15 is 0 Å². The average molecular weight is 294 g/mol. The summed E-state index contributed by atoms with van der Waals surface area (Å²) in [5.41, 5.74) is 0.733. The maximum atomic E-state index is 12.2. The van der Waals surface area contributed by atoms with Gasteiger partial charge in [-0.2, -0.15) is 0 Å². The first-order valence-electron chi connectivity index (χ1n) is 6.77. The number of morpholine rings is 1. The smallest absolute Gasteiger partial charge is 0.269 e. The van der Waals surface area contributed by atoms with Crippen LogP contribution in [-0.4, -0.2) is 52.7 Å². The van der Waals surface area contributed by atoms with E-state index in [1.807, 2.05) is 6.92 Å². The van der Waals surface area contributed by atoms with Crippen LogP contribution in [-0.2, 0) is 16.0 Å². The molecule has 1 fully saturated rings.